The van der Waals surface area contributed by atoms with Crippen molar-refractivity contribution in [3.05, 3.63) is 71.8 Å². The van der Waals surface area contributed by atoms with E-state index in [-0.39, 0.29) is 12.5 Å². The molecule has 0 bridgehead atoms. The van der Waals surface area contributed by atoms with Crippen LogP contribution in [0.2, 0.25) is 0 Å². The van der Waals surface area contributed by atoms with Crippen LogP contribution in [0.4, 0.5) is 0 Å². The fourth-order valence-corrected chi connectivity index (χ4v) is 3.20. The fraction of sp³-hybridized carbons (Fsp3) is 0.350. The molecule has 0 saturated carbocycles. The molecule has 1 atom stereocenters. The van der Waals surface area contributed by atoms with Gasteiger partial charge in [0.2, 0.25) is 5.91 Å². The summed E-state index contributed by atoms with van der Waals surface area (Å²) in [6.07, 6.45) is 0. The predicted octanol–water partition coefficient (Wildman–Crippen LogP) is 2.11. The van der Waals surface area contributed by atoms with Crippen molar-refractivity contribution in [1.82, 2.24) is 9.80 Å². The first-order valence-electron chi connectivity index (χ1n) is 8.49. The van der Waals surface area contributed by atoms with E-state index in [2.05, 4.69) is 29.2 Å². The van der Waals surface area contributed by atoms with E-state index in [1.54, 1.807) is 0 Å². The average Bonchev–Trinajstić information content (AvgIpc) is 2.65. The van der Waals surface area contributed by atoms with Crippen molar-refractivity contribution in [3.8, 4) is 0 Å². The Hall–Kier alpha value is -2.17. The molecule has 1 fully saturated rings. The molecule has 1 heterocycles. The van der Waals surface area contributed by atoms with Gasteiger partial charge in [-0.3, -0.25) is 9.69 Å². The minimum atomic E-state index is -0.452. The molecule has 0 aliphatic carbocycles. The third kappa shape index (κ3) is 4.02. The third-order valence-electron chi connectivity index (χ3n) is 4.62. The number of nitrogens with zero attached hydrogens (tertiary/aromatic N) is 2. The Kier molecular flexibility index (Phi) is 5.62. The van der Waals surface area contributed by atoms with Gasteiger partial charge in [-0.25, -0.2) is 0 Å². The van der Waals surface area contributed by atoms with Crippen LogP contribution in [0.3, 0.4) is 0 Å². The Morgan fingerprint density at radius 1 is 0.917 bits per heavy atom. The maximum absolute atomic E-state index is 12.7. The lowest BCUT2D eigenvalue weighted by Gasteiger charge is -2.36. The SMILES string of the molecule is O=C([C@@H](CO)c1ccccc1)N1CCN(Cc2ccccc2)CC1. The molecule has 0 aromatic heterocycles. The first kappa shape index (κ1) is 16.7. The summed E-state index contributed by atoms with van der Waals surface area (Å²) >= 11 is 0. The van der Waals surface area contributed by atoms with Gasteiger partial charge in [0.1, 0.15) is 0 Å². The summed E-state index contributed by atoms with van der Waals surface area (Å²) in [6, 6.07) is 20.0. The van der Waals surface area contributed by atoms with Crippen molar-refractivity contribution in [1.29, 1.82) is 0 Å². The molecule has 1 N–H and O–H groups in total. The summed E-state index contributed by atoms with van der Waals surface area (Å²) in [6.45, 7) is 3.95. The van der Waals surface area contributed by atoms with E-state index in [0.29, 0.717) is 0 Å². The number of piperazine rings is 1. The first-order valence-corrected chi connectivity index (χ1v) is 8.49. The van der Waals surface area contributed by atoms with Crippen molar-refractivity contribution >= 4 is 5.91 Å². The van der Waals surface area contributed by atoms with Gasteiger partial charge in [0, 0.05) is 32.7 Å². The van der Waals surface area contributed by atoms with Crippen LogP contribution in [-0.2, 0) is 11.3 Å². The lowest BCUT2D eigenvalue weighted by atomic mass is 9.98. The van der Waals surface area contributed by atoms with Gasteiger partial charge in [-0.15, -0.1) is 0 Å². The van der Waals surface area contributed by atoms with Crippen molar-refractivity contribution in [3.63, 3.8) is 0 Å². The summed E-state index contributed by atoms with van der Waals surface area (Å²) in [5.74, 6) is -0.421. The highest BCUT2D eigenvalue weighted by atomic mass is 16.3. The van der Waals surface area contributed by atoms with E-state index in [4.69, 9.17) is 0 Å². The Morgan fingerprint density at radius 3 is 2.08 bits per heavy atom. The molecule has 3 rings (SSSR count). The van der Waals surface area contributed by atoms with Gasteiger partial charge in [0.05, 0.1) is 12.5 Å². The molecule has 2 aromatic carbocycles. The van der Waals surface area contributed by atoms with E-state index in [1.165, 1.54) is 5.56 Å². The minimum Gasteiger partial charge on any atom is -0.395 e. The van der Waals surface area contributed by atoms with Gasteiger partial charge in [-0.2, -0.15) is 0 Å². The summed E-state index contributed by atoms with van der Waals surface area (Å²) in [5, 5.41) is 9.67. The highest BCUT2D eigenvalue weighted by Gasteiger charge is 2.28. The third-order valence-corrected chi connectivity index (χ3v) is 4.62. The van der Waals surface area contributed by atoms with E-state index in [0.717, 1.165) is 38.3 Å². The number of benzene rings is 2. The van der Waals surface area contributed by atoms with Crippen LogP contribution < -0.4 is 0 Å². The van der Waals surface area contributed by atoms with Crippen LogP contribution in [0, 0.1) is 0 Å². The van der Waals surface area contributed by atoms with Crippen LogP contribution in [0.1, 0.15) is 17.0 Å². The minimum absolute atomic E-state index is 0.0306. The van der Waals surface area contributed by atoms with Gasteiger partial charge < -0.3 is 10.0 Å². The summed E-state index contributed by atoms with van der Waals surface area (Å²) < 4.78 is 0. The topological polar surface area (TPSA) is 43.8 Å². The molecule has 4 nitrogen and oxygen atoms in total. The molecule has 2 aromatic rings. The summed E-state index contributed by atoms with van der Waals surface area (Å²) in [7, 11) is 0. The summed E-state index contributed by atoms with van der Waals surface area (Å²) in [5.41, 5.74) is 2.19. The standard InChI is InChI=1S/C20H24N2O2/c23-16-19(18-9-5-2-6-10-18)20(24)22-13-11-21(12-14-22)15-17-7-3-1-4-8-17/h1-10,19,23H,11-16H2/t19-/m0/s1. The second kappa shape index (κ2) is 8.08. The Morgan fingerprint density at radius 2 is 1.50 bits per heavy atom. The van der Waals surface area contributed by atoms with Crippen LogP contribution in [0.5, 0.6) is 0 Å². The Balaban J connectivity index is 1.56. The predicted molar refractivity (Wildman–Crippen MR) is 94.6 cm³/mol. The molecule has 1 aliphatic rings. The van der Waals surface area contributed by atoms with E-state index in [1.807, 2.05) is 41.3 Å². The van der Waals surface area contributed by atoms with Gasteiger partial charge in [-0.05, 0) is 11.1 Å². The molecular weight excluding hydrogens is 300 g/mol. The van der Waals surface area contributed by atoms with E-state index < -0.39 is 5.92 Å². The zero-order valence-electron chi connectivity index (χ0n) is 13.8. The molecule has 126 valence electrons. The Bertz CT molecular complexity index is 637. The molecule has 0 unspecified atom stereocenters. The second-order valence-corrected chi connectivity index (χ2v) is 6.23. The number of aliphatic hydroxyl groups excluding tert-OH is 1. The highest BCUT2D eigenvalue weighted by molar-refractivity contribution is 5.84. The van der Waals surface area contributed by atoms with Gasteiger partial charge in [-0.1, -0.05) is 60.7 Å². The van der Waals surface area contributed by atoms with Gasteiger partial charge in [0.25, 0.3) is 0 Å². The number of amides is 1. The van der Waals surface area contributed by atoms with Crippen LogP contribution in [-0.4, -0.2) is 53.6 Å². The van der Waals surface area contributed by atoms with E-state index >= 15 is 0 Å². The molecule has 4 heteroatoms. The van der Waals surface area contributed by atoms with Crippen LogP contribution >= 0.6 is 0 Å². The molecule has 1 saturated heterocycles. The number of hydrogen-bond acceptors (Lipinski definition) is 3. The normalized spacial score (nSPS) is 16.8. The fourth-order valence-electron chi connectivity index (χ4n) is 3.20. The second-order valence-electron chi connectivity index (χ2n) is 6.23. The number of carbonyl (C=O) groups is 1. The van der Waals surface area contributed by atoms with Crippen molar-refractivity contribution in [2.75, 3.05) is 32.8 Å². The number of carbonyl (C=O) groups excluding carboxylic acids is 1. The maximum atomic E-state index is 12.7. The highest BCUT2D eigenvalue weighted by Crippen LogP contribution is 2.19. The Labute approximate surface area is 143 Å². The molecule has 1 amide bonds. The lowest BCUT2D eigenvalue weighted by molar-refractivity contribution is -0.135. The maximum Gasteiger partial charge on any atom is 0.232 e. The van der Waals surface area contributed by atoms with Crippen LogP contribution in [0.25, 0.3) is 0 Å². The summed E-state index contributed by atoms with van der Waals surface area (Å²) in [4.78, 5) is 17.0. The zero-order valence-corrected chi connectivity index (χ0v) is 13.8. The largest absolute Gasteiger partial charge is 0.395 e. The lowest BCUT2D eigenvalue weighted by Crippen LogP contribution is -2.50. The van der Waals surface area contributed by atoms with Crippen molar-refractivity contribution in [2.45, 2.75) is 12.5 Å². The van der Waals surface area contributed by atoms with Gasteiger partial charge in [0.15, 0.2) is 0 Å². The molecule has 24 heavy (non-hydrogen) atoms. The van der Waals surface area contributed by atoms with E-state index in [9.17, 15) is 9.90 Å². The first-order chi connectivity index (χ1) is 11.8. The number of aliphatic hydroxyl groups is 1. The monoisotopic (exact) mass is 324 g/mol. The molecular formula is C20H24N2O2. The van der Waals surface area contributed by atoms with Crippen molar-refractivity contribution in [2.24, 2.45) is 0 Å². The van der Waals surface area contributed by atoms with Crippen molar-refractivity contribution < 1.29 is 9.90 Å². The van der Waals surface area contributed by atoms with Crippen LogP contribution in [0.15, 0.2) is 60.7 Å². The molecule has 1 aliphatic heterocycles. The quantitative estimate of drug-likeness (QED) is 0.916. The average molecular weight is 324 g/mol. The molecule has 0 radical (unpaired) electrons. The van der Waals surface area contributed by atoms with Gasteiger partial charge >= 0.3 is 0 Å². The zero-order chi connectivity index (χ0) is 16.8. The smallest absolute Gasteiger partial charge is 0.232 e. The molecule has 0 spiro atoms. The number of hydrogen-bond donors (Lipinski definition) is 1. The number of rotatable bonds is 5.